The van der Waals surface area contributed by atoms with Gasteiger partial charge in [0.15, 0.2) is 0 Å². The molecule has 0 atom stereocenters. The van der Waals surface area contributed by atoms with Crippen LogP contribution < -0.4 is 5.73 Å². The van der Waals surface area contributed by atoms with Gasteiger partial charge in [-0.2, -0.15) is 18.3 Å². The van der Waals surface area contributed by atoms with Gasteiger partial charge in [0.1, 0.15) is 22.1 Å². The van der Waals surface area contributed by atoms with Gasteiger partial charge in [-0.15, -0.1) is 11.8 Å². The molecule has 0 aliphatic rings. The monoisotopic (exact) mass is 399 g/mol. The molecule has 0 aliphatic carbocycles. The number of methoxy groups -OCH3 is 1. The minimum Gasteiger partial charge on any atom is -0.465 e. The van der Waals surface area contributed by atoms with Gasteiger partial charge >= 0.3 is 12.1 Å². The van der Waals surface area contributed by atoms with Gasteiger partial charge in [0.2, 0.25) is 0 Å². The van der Waals surface area contributed by atoms with Gasteiger partial charge in [-0.05, 0) is 18.4 Å². The number of esters is 1. The molecule has 0 bridgehead atoms. The van der Waals surface area contributed by atoms with Crippen molar-refractivity contribution in [1.82, 2.24) is 9.78 Å². The van der Waals surface area contributed by atoms with Crippen molar-refractivity contribution in [1.29, 1.82) is 0 Å². The van der Waals surface area contributed by atoms with Gasteiger partial charge in [-0.3, -0.25) is 0 Å². The number of rotatable bonds is 3. The van der Waals surface area contributed by atoms with Crippen molar-refractivity contribution in [3.05, 3.63) is 33.3 Å². The molecule has 2 aromatic rings. The number of carbonyl (C=O) groups is 1. The summed E-state index contributed by atoms with van der Waals surface area (Å²) in [4.78, 5) is 11.8. The Balaban J connectivity index is 2.70. The van der Waals surface area contributed by atoms with Gasteiger partial charge in [-0.1, -0.05) is 23.2 Å². The molecule has 0 saturated carbocycles. The van der Waals surface area contributed by atoms with Crippen molar-refractivity contribution in [3.63, 3.8) is 0 Å². The first-order valence-corrected chi connectivity index (χ1v) is 8.17. The Morgan fingerprint density at radius 1 is 1.33 bits per heavy atom. The van der Waals surface area contributed by atoms with Crippen LogP contribution in [0.3, 0.4) is 0 Å². The second-order valence-electron chi connectivity index (χ2n) is 4.46. The van der Waals surface area contributed by atoms with Gasteiger partial charge in [0, 0.05) is 0 Å². The Morgan fingerprint density at radius 3 is 2.29 bits per heavy atom. The Kier molecular flexibility index (Phi) is 5.26. The van der Waals surface area contributed by atoms with Gasteiger partial charge in [-0.25, -0.2) is 9.48 Å². The van der Waals surface area contributed by atoms with Crippen LogP contribution in [0.5, 0.6) is 0 Å². The van der Waals surface area contributed by atoms with Crippen molar-refractivity contribution in [2.24, 2.45) is 0 Å². The summed E-state index contributed by atoms with van der Waals surface area (Å²) in [6, 6.07) is 1.42. The van der Waals surface area contributed by atoms with E-state index in [1.54, 1.807) is 6.26 Å². The van der Waals surface area contributed by atoms with Crippen LogP contribution in [0.15, 0.2) is 17.2 Å². The summed E-state index contributed by atoms with van der Waals surface area (Å²) in [7, 11) is 1.17. The molecule has 2 rings (SSSR count). The number of alkyl halides is 3. The van der Waals surface area contributed by atoms with Crippen LogP contribution in [0.25, 0.3) is 5.69 Å². The number of hydrogen-bond acceptors (Lipinski definition) is 5. The van der Waals surface area contributed by atoms with Gasteiger partial charge in [0.25, 0.3) is 0 Å². The van der Waals surface area contributed by atoms with Crippen molar-refractivity contribution in [2.45, 2.75) is 11.2 Å². The van der Waals surface area contributed by atoms with E-state index >= 15 is 0 Å². The number of nitrogens with zero attached hydrogens (tertiary/aromatic N) is 2. The van der Waals surface area contributed by atoms with E-state index < -0.39 is 17.7 Å². The molecule has 1 aromatic heterocycles. The highest BCUT2D eigenvalue weighted by molar-refractivity contribution is 7.98. The maximum Gasteiger partial charge on any atom is 0.416 e. The second-order valence-corrected chi connectivity index (χ2v) is 6.07. The Bertz CT molecular complexity index is 785. The van der Waals surface area contributed by atoms with E-state index in [4.69, 9.17) is 28.9 Å². The fraction of sp³-hybridized carbons (Fsp3) is 0.231. The number of benzene rings is 1. The van der Waals surface area contributed by atoms with E-state index in [-0.39, 0.29) is 32.1 Å². The molecule has 0 radical (unpaired) electrons. The van der Waals surface area contributed by atoms with E-state index in [1.807, 2.05) is 0 Å². The summed E-state index contributed by atoms with van der Waals surface area (Å²) in [6.07, 6.45) is -2.96. The molecule has 0 saturated heterocycles. The highest BCUT2D eigenvalue weighted by Gasteiger charge is 2.33. The number of thioether (sulfide) groups is 1. The van der Waals surface area contributed by atoms with Crippen molar-refractivity contribution in [2.75, 3.05) is 19.1 Å². The lowest BCUT2D eigenvalue weighted by Gasteiger charge is -2.13. The minimum absolute atomic E-state index is 0.0166. The molecule has 1 heterocycles. The average molecular weight is 400 g/mol. The topological polar surface area (TPSA) is 70.1 Å². The maximum absolute atomic E-state index is 12.8. The van der Waals surface area contributed by atoms with Crippen LogP contribution in [0.4, 0.5) is 19.0 Å². The first-order chi connectivity index (χ1) is 11.1. The van der Waals surface area contributed by atoms with E-state index in [0.717, 1.165) is 16.4 Å². The van der Waals surface area contributed by atoms with E-state index in [1.165, 1.54) is 7.11 Å². The van der Waals surface area contributed by atoms with E-state index in [9.17, 15) is 18.0 Å². The largest absolute Gasteiger partial charge is 0.465 e. The number of anilines is 1. The molecular formula is C13H10Cl2F3N3O2S. The number of hydrogen-bond donors (Lipinski definition) is 1. The van der Waals surface area contributed by atoms with Crippen molar-refractivity contribution in [3.8, 4) is 5.69 Å². The van der Waals surface area contributed by atoms with Gasteiger partial charge < -0.3 is 10.5 Å². The molecule has 5 nitrogen and oxygen atoms in total. The standard InChI is InChI=1S/C13H10Cl2F3N3O2S/c1-23-12(22)8-10(19)21(20-11(8)24-2)9-6(14)3-5(4-7(9)15)13(16,17)18/h3-4H,19H2,1-2H3. The van der Waals surface area contributed by atoms with Crippen LogP contribution in [-0.4, -0.2) is 29.1 Å². The van der Waals surface area contributed by atoms with Crippen LogP contribution in [0.2, 0.25) is 10.0 Å². The number of aromatic nitrogens is 2. The Labute approximate surface area is 148 Å². The lowest BCUT2D eigenvalue weighted by molar-refractivity contribution is -0.137. The lowest BCUT2D eigenvalue weighted by atomic mass is 10.2. The molecule has 0 spiro atoms. The predicted octanol–water partition coefficient (Wildman–Crippen LogP) is 4.29. The zero-order valence-corrected chi connectivity index (χ0v) is 14.6. The quantitative estimate of drug-likeness (QED) is 0.615. The number of carbonyl (C=O) groups excluding carboxylic acids is 1. The highest BCUT2D eigenvalue weighted by atomic mass is 35.5. The van der Waals surface area contributed by atoms with E-state index in [0.29, 0.717) is 12.1 Å². The molecule has 0 fully saturated rings. The Morgan fingerprint density at radius 2 is 1.88 bits per heavy atom. The summed E-state index contributed by atoms with van der Waals surface area (Å²) >= 11 is 13.0. The minimum atomic E-state index is -4.61. The lowest BCUT2D eigenvalue weighted by Crippen LogP contribution is -2.10. The third-order valence-electron chi connectivity index (χ3n) is 3.03. The van der Waals surface area contributed by atoms with Crippen LogP contribution in [-0.2, 0) is 10.9 Å². The molecule has 130 valence electrons. The summed E-state index contributed by atoms with van der Waals surface area (Å²) in [6.45, 7) is 0. The summed E-state index contributed by atoms with van der Waals surface area (Å²) in [5, 5.41) is 3.69. The van der Waals surface area contributed by atoms with E-state index in [2.05, 4.69) is 9.84 Å². The fourth-order valence-electron chi connectivity index (χ4n) is 1.95. The normalized spacial score (nSPS) is 11.6. The third-order valence-corrected chi connectivity index (χ3v) is 4.28. The van der Waals surface area contributed by atoms with Crippen LogP contribution in [0.1, 0.15) is 15.9 Å². The van der Waals surface area contributed by atoms with Gasteiger partial charge in [0.05, 0.1) is 22.7 Å². The number of ether oxygens (including phenoxy) is 1. The van der Waals surface area contributed by atoms with Crippen molar-refractivity contribution >= 4 is 46.8 Å². The molecule has 2 N–H and O–H groups in total. The summed E-state index contributed by atoms with van der Waals surface area (Å²) in [5.74, 6) is -0.878. The SMILES string of the molecule is COC(=O)c1c(SC)nn(-c2c(Cl)cc(C(F)(F)F)cc2Cl)c1N. The molecule has 1 aromatic carbocycles. The molecule has 24 heavy (non-hydrogen) atoms. The van der Waals surface area contributed by atoms with Crippen LogP contribution >= 0.6 is 35.0 Å². The summed E-state index contributed by atoms with van der Waals surface area (Å²) in [5.41, 5.74) is 4.81. The van der Waals surface area contributed by atoms with Crippen LogP contribution in [0, 0.1) is 0 Å². The molecule has 11 heteroatoms. The molecule has 0 amide bonds. The molecule has 0 unspecified atom stereocenters. The highest BCUT2D eigenvalue weighted by Crippen LogP contribution is 2.39. The zero-order valence-electron chi connectivity index (χ0n) is 12.2. The smallest absolute Gasteiger partial charge is 0.416 e. The van der Waals surface area contributed by atoms with Crippen molar-refractivity contribution < 1.29 is 22.7 Å². The molecule has 0 aliphatic heterocycles. The number of nitrogen functional groups attached to an aromatic ring is 1. The Hall–Kier alpha value is -1.58. The second kappa shape index (κ2) is 6.73. The first kappa shape index (κ1) is 18.8. The fourth-order valence-corrected chi connectivity index (χ4v) is 3.15. The first-order valence-electron chi connectivity index (χ1n) is 6.19. The third kappa shape index (κ3) is 3.28. The number of halogens is 5. The predicted molar refractivity (Wildman–Crippen MR) is 86.1 cm³/mol. The average Bonchev–Trinajstić information content (AvgIpc) is 2.81. The summed E-state index contributed by atoms with van der Waals surface area (Å²) < 4.78 is 44.1. The zero-order chi connectivity index (χ0) is 18.2. The molecular weight excluding hydrogens is 390 g/mol. The maximum atomic E-state index is 12.8. The number of nitrogens with two attached hydrogens (primary N) is 1.